The zero-order valence-electron chi connectivity index (χ0n) is 9.44. The number of ether oxygens (including phenoxy) is 1. The monoisotopic (exact) mass is 216 g/mol. The maximum atomic E-state index is 8.49. The summed E-state index contributed by atoms with van der Waals surface area (Å²) in [5.74, 6) is 1.61. The lowest BCUT2D eigenvalue weighted by atomic mass is 10.2. The predicted molar refractivity (Wildman–Crippen MR) is 62.0 cm³/mol. The SMILES string of the molecule is CC1CC1NCc1ccccc1OCC#N. The molecule has 1 saturated carbocycles. The summed E-state index contributed by atoms with van der Waals surface area (Å²) in [6, 6.07) is 10.5. The molecule has 0 aliphatic heterocycles. The standard InChI is InChI=1S/C13H16N2O/c1-10-8-12(10)15-9-11-4-2-3-5-13(11)16-7-6-14/h2-5,10,12,15H,7-9H2,1H3. The maximum Gasteiger partial charge on any atom is 0.174 e. The Hall–Kier alpha value is -1.53. The largest absolute Gasteiger partial charge is 0.478 e. The van der Waals surface area contributed by atoms with Crippen LogP contribution < -0.4 is 10.1 Å². The number of nitrogens with zero attached hydrogens (tertiary/aromatic N) is 1. The van der Waals surface area contributed by atoms with Gasteiger partial charge in [-0.3, -0.25) is 0 Å². The molecule has 3 nitrogen and oxygen atoms in total. The highest BCUT2D eigenvalue weighted by molar-refractivity contribution is 5.33. The number of hydrogen-bond acceptors (Lipinski definition) is 3. The number of rotatable bonds is 5. The van der Waals surface area contributed by atoms with E-state index in [2.05, 4.69) is 12.2 Å². The third-order valence-electron chi connectivity index (χ3n) is 2.93. The number of hydrogen-bond donors (Lipinski definition) is 1. The first kappa shape index (κ1) is 11.0. The van der Waals surface area contributed by atoms with Gasteiger partial charge in [0.05, 0.1) is 0 Å². The van der Waals surface area contributed by atoms with Crippen LogP contribution in [0.2, 0.25) is 0 Å². The fourth-order valence-electron chi connectivity index (χ4n) is 1.75. The van der Waals surface area contributed by atoms with Gasteiger partial charge in [-0.1, -0.05) is 25.1 Å². The molecule has 0 spiro atoms. The molecule has 1 aromatic rings. The second-order valence-corrected chi connectivity index (χ2v) is 4.25. The van der Waals surface area contributed by atoms with Crippen molar-refractivity contribution in [3.8, 4) is 11.8 Å². The van der Waals surface area contributed by atoms with Crippen LogP contribution in [0.3, 0.4) is 0 Å². The first-order valence-corrected chi connectivity index (χ1v) is 5.62. The summed E-state index contributed by atoms with van der Waals surface area (Å²) in [5, 5.41) is 12.0. The van der Waals surface area contributed by atoms with Crippen molar-refractivity contribution in [2.75, 3.05) is 6.61 Å². The summed E-state index contributed by atoms with van der Waals surface area (Å²) in [6.45, 7) is 3.17. The van der Waals surface area contributed by atoms with Gasteiger partial charge in [-0.25, -0.2) is 0 Å². The molecule has 0 radical (unpaired) electrons. The van der Waals surface area contributed by atoms with Crippen LogP contribution in [0.1, 0.15) is 18.9 Å². The zero-order valence-corrected chi connectivity index (χ0v) is 9.44. The smallest absolute Gasteiger partial charge is 0.174 e. The van der Waals surface area contributed by atoms with Crippen LogP contribution in [-0.4, -0.2) is 12.6 Å². The molecule has 2 atom stereocenters. The quantitative estimate of drug-likeness (QED) is 0.819. The Morgan fingerprint density at radius 2 is 2.25 bits per heavy atom. The molecule has 1 aliphatic rings. The predicted octanol–water partition coefficient (Wildman–Crippen LogP) is 2.09. The van der Waals surface area contributed by atoms with Gasteiger partial charge in [-0.15, -0.1) is 0 Å². The van der Waals surface area contributed by atoms with Crippen LogP contribution >= 0.6 is 0 Å². The minimum Gasteiger partial charge on any atom is -0.478 e. The van der Waals surface area contributed by atoms with E-state index in [4.69, 9.17) is 10.00 Å². The van der Waals surface area contributed by atoms with Gasteiger partial charge in [0, 0.05) is 18.2 Å². The molecule has 3 heteroatoms. The molecular weight excluding hydrogens is 200 g/mol. The first-order chi connectivity index (χ1) is 7.81. The van der Waals surface area contributed by atoms with Crippen molar-refractivity contribution in [3.63, 3.8) is 0 Å². The van der Waals surface area contributed by atoms with Gasteiger partial charge in [0.25, 0.3) is 0 Å². The zero-order chi connectivity index (χ0) is 11.4. The molecule has 0 bridgehead atoms. The van der Waals surface area contributed by atoms with Crippen molar-refractivity contribution >= 4 is 0 Å². The van der Waals surface area contributed by atoms with Crippen molar-refractivity contribution in [1.29, 1.82) is 5.26 Å². The molecular formula is C13H16N2O. The highest BCUT2D eigenvalue weighted by atomic mass is 16.5. The van der Waals surface area contributed by atoms with Crippen molar-refractivity contribution < 1.29 is 4.74 Å². The summed E-state index contributed by atoms with van der Waals surface area (Å²) in [6.07, 6.45) is 1.27. The average Bonchev–Trinajstić information content (AvgIpc) is 3.01. The van der Waals surface area contributed by atoms with E-state index < -0.39 is 0 Å². The van der Waals surface area contributed by atoms with Crippen molar-refractivity contribution in [3.05, 3.63) is 29.8 Å². The second-order valence-electron chi connectivity index (χ2n) is 4.25. The van der Waals surface area contributed by atoms with Crippen molar-refractivity contribution in [1.82, 2.24) is 5.32 Å². The van der Waals surface area contributed by atoms with Crippen molar-refractivity contribution in [2.24, 2.45) is 5.92 Å². The molecule has 2 rings (SSSR count). The Morgan fingerprint density at radius 3 is 2.94 bits per heavy atom. The minimum absolute atomic E-state index is 0.108. The van der Waals surface area contributed by atoms with Crippen LogP contribution in [-0.2, 0) is 6.54 Å². The maximum absolute atomic E-state index is 8.49. The lowest BCUT2D eigenvalue weighted by Crippen LogP contribution is -2.17. The lowest BCUT2D eigenvalue weighted by molar-refractivity contribution is 0.362. The van der Waals surface area contributed by atoms with Gasteiger partial charge in [-0.05, 0) is 18.4 Å². The number of nitriles is 1. The molecule has 1 aliphatic carbocycles. The Labute approximate surface area is 96.0 Å². The average molecular weight is 216 g/mol. The fourth-order valence-corrected chi connectivity index (χ4v) is 1.75. The van der Waals surface area contributed by atoms with Gasteiger partial charge in [-0.2, -0.15) is 5.26 Å². The van der Waals surface area contributed by atoms with E-state index in [9.17, 15) is 0 Å². The number of benzene rings is 1. The highest BCUT2D eigenvalue weighted by Gasteiger charge is 2.31. The Kier molecular flexibility index (Phi) is 3.43. The third-order valence-corrected chi connectivity index (χ3v) is 2.93. The van der Waals surface area contributed by atoms with Crippen LogP contribution in [0.5, 0.6) is 5.75 Å². The summed E-state index contributed by atoms with van der Waals surface area (Å²) in [5.41, 5.74) is 1.12. The Bertz CT molecular complexity index is 397. The van der Waals surface area contributed by atoms with E-state index >= 15 is 0 Å². The lowest BCUT2D eigenvalue weighted by Gasteiger charge is -2.09. The van der Waals surface area contributed by atoms with E-state index in [0.717, 1.165) is 23.8 Å². The summed E-state index contributed by atoms with van der Waals surface area (Å²) >= 11 is 0. The van der Waals surface area contributed by atoms with Crippen LogP contribution in [0, 0.1) is 17.2 Å². The molecule has 0 amide bonds. The molecule has 0 saturated heterocycles. The number of para-hydroxylation sites is 1. The minimum atomic E-state index is 0.108. The normalized spacial score (nSPS) is 22.5. The molecule has 1 N–H and O–H groups in total. The molecule has 0 aromatic heterocycles. The van der Waals surface area contributed by atoms with Gasteiger partial charge < -0.3 is 10.1 Å². The summed E-state index contributed by atoms with van der Waals surface area (Å²) in [7, 11) is 0. The fraction of sp³-hybridized carbons (Fsp3) is 0.462. The van der Waals surface area contributed by atoms with Crippen LogP contribution in [0.25, 0.3) is 0 Å². The van der Waals surface area contributed by atoms with Gasteiger partial charge >= 0.3 is 0 Å². The molecule has 1 fully saturated rings. The van der Waals surface area contributed by atoms with Gasteiger partial charge in [0.2, 0.25) is 0 Å². The number of nitrogens with one attached hydrogen (secondary N) is 1. The van der Waals surface area contributed by atoms with Crippen LogP contribution in [0.4, 0.5) is 0 Å². The van der Waals surface area contributed by atoms with E-state index in [0.29, 0.717) is 6.04 Å². The molecule has 1 aromatic carbocycles. The molecule has 16 heavy (non-hydrogen) atoms. The van der Waals surface area contributed by atoms with E-state index in [1.54, 1.807) is 0 Å². The molecule has 84 valence electrons. The Balaban J connectivity index is 1.93. The summed E-state index contributed by atoms with van der Waals surface area (Å²) < 4.78 is 5.36. The Morgan fingerprint density at radius 1 is 1.50 bits per heavy atom. The highest BCUT2D eigenvalue weighted by Crippen LogP contribution is 2.29. The first-order valence-electron chi connectivity index (χ1n) is 5.62. The van der Waals surface area contributed by atoms with E-state index in [-0.39, 0.29) is 6.61 Å². The molecule has 2 unspecified atom stereocenters. The van der Waals surface area contributed by atoms with E-state index in [1.165, 1.54) is 6.42 Å². The van der Waals surface area contributed by atoms with Gasteiger partial charge in [0.15, 0.2) is 6.61 Å². The third kappa shape index (κ3) is 2.74. The van der Waals surface area contributed by atoms with Crippen LogP contribution in [0.15, 0.2) is 24.3 Å². The summed E-state index contributed by atoms with van der Waals surface area (Å²) in [4.78, 5) is 0. The topological polar surface area (TPSA) is 45.0 Å². The molecule has 0 heterocycles. The second kappa shape index (κ2) is 5.00. The van der Waals surface area contributed by atoms with Gasteiger partial charge in [0.1, 0.15) is 11.8 Å². The van der Waals surface area contributed by atoms with Crippen molar-refractivity contribution in [2.45, 2.75) is 25.9 Å². The van der Waals surface area contributed by atoms with E-state index in [1.807, 2.05) is 30.3 Å².